The summed E-state index contributed by atoms with van der Waals surface area (Å²) < 4.78 is 0. The summed E-state index contributed by atoms with van der Waals surface area (Å²) in [6.45, 7) is 2.19. The first-order valence-electron chi connectivity index (χ1n) is 6.98. The topological polar surface area (TPSA) is 37.3 Å². The number of carbonyl (C=O) groups is 1. The van der Waals surface area contributed by atoms with Gasteiger partial charge in [0, 0.05) is 0 Å². The van der Waals surface area contributed by atoms with Crippen molar-refractivity contribution >= 4 is 5.97 Å². The van der Waals surface area contributed by atoms with E-state index in [-0.39, 0.29) is 5.92 Å². The highest BCUT2D eigenvalue weighted by atomic mass is 16.4. The van der Waals surface area contributed by atoms with E-state index in [0.29, 0.717) is 5.92 Å². The van der Waals surface area contributed by atoms with Crippen LogP contribution in [0.3, 0.4) is 0 Å². The Morgan fingerprint density at radius 1 is 1.19 bits per heavy atom. The molecule has 0 aromatic heterocycles. The van der Waals surface area contributed by atoms with Crippen LogP contribution in [0.4, 0.5) is 0 Å². The van der Waals surface area contributed by atoms with Crippen molar-refractivity contribution in [1.29, 1.82) is 0 Å². The summed E-state index contributed by atoms with van der Waals surface area (Å²) in [5, 5.41) is 9.28. The predicted molar refractivity (Wildman–Crippen MR) is 66.5 cm³/mol. The van der Waals surface area contributed by atoms with Crippen molar-refractivity contribution in [2.24, 2.45) is 11.8 Å². The van der Waals surface area contributed by atoms with Gasteiger partial charge in [0.25, 0.3) is 0 Å². The van der Waals surface area contributed by atoms with Gasteiger partial charge in [0.15, 0.2) is 0 Å². The van der Waals surface area contributed by atoms with Gasteiger partial charge in [0.05, 0.1) is 5.92 Å². The van der Waals surface area contributed by atoms with Gasteiger partial charge < -0.3 is 5.11 Å². The maximum Gasteiger partial charge on any atom is 0.306 e. The molecule has 94 valence electrons. The molecule has 1 rings (SSSR count). The summed E-state index contributed by atoms with van der Waals surface area (Å²) in [4.78, 5) is 11.3. The zero-order valence-electron chi connectivity index (χ0n) is 10.6. The summed E-state index contributed by atoms with van der Waals surface area (Å²) in [5.74, 6) is -0.145. The fraction of sp³-hybridized carbons (Fsp3) is 0.929. The second kappa shape index (κ2) is 7.70. The monoisotopic (exact) mass is 226 g/mol. The standard InChI is InChI=1S/C14H26O2/c1-2-3-4-8-11-13(14(15)16)12-9-6-5-7-10-12/h12-13H,2-11H2,1H3,(H,15,16). The van der Waals surface area contributed by atoms with E-state index < -0.39 is 5.97 Å². The van der Waals surface area contributed by atoms with E-state index in [0.717, 1.165) is 25.7 Å². The highest BCUT2D eigenvalue weighted by molar-refractivity contribution is 5.70. The molecule has 2 nitrogen and oxygen atoms in total. The largest absolute Gasteiger partial charge is 0.481 e. The maximum absolute atomic E-state index is 11.3. The second-order valence-corrected chi connectivity index (χ2v) is 5.19. The predicted octanol–water partition coefficient (Wildman–Crippen LogP) is 4.24. The molecule has 1 unspecified atom stereocenters. The molecule has 1 atom stereocenters. The molecule has 16 heavy (non-hydrogen) atoms. The molecule has 0 heterocycles. The number of carboxylic acid groups (broad SMARTS) is 1. The van der Waals surface area contributed by atoms with Crippen LogP contribution in [0.15, 0.2) is 0 Å². The molecular formula is C14H26O2. The van der Waals surface area contributed by atoms with Gasteiger partial charge in [0.1, 0.15) is 0 Å². The van der Waals surface area contributed by atoms with Gasteiger partial charge in [-0.05, 0) is 25.2 Å². The van der Waals surface area contributed by atoms with Gasteiger partial charge >= 0.3 is 5.97 Å². The number of unbranched alkanes of at least 4 members (excludes halogenated alkanes) is 3. The Morgan fingerprint density at radius 2 is 1.88 bits per heavy atom. The zero-order valence-corrected chi connectivity index (χ0v) is 10.6. The number of carboxylic acids is 1. The van der Waals surface area contributed by atoms with Gasteiger partial charge in [-0.25, -0.2) is 0 Å². The van der Waals surface area contributed by atoms with E-state index in [1.807, 2.05) is 0 Å². The summed E-state index contributed by atoms with van der Waals surface area (Å²) in [6.07, 6.45) is 11.7. The highest BCUT2D eigenvalue weighted by Gasteiger charge is 2.28. The molecule has 0 spiro atoms. The lowest BCUT2D eigenvalue weighted by molar-refractivity contribution is -0.144. The van der Waals surface area contributed by atoms with Crippen LogP contribution >= 0.6 is 0 Å². The van der Waals surface area contributed by atoms with Crippen LogP contribution < -0.4 is 0 Å². The summed E-state index contributed by atoms with van der Waals surface area (Å²) >= 11 is 0. The summed E-state index contributed by atoms with van der Waals surface area (Å²) in [6, 6.07) is 0. The minimum absolute atomic E-state index is 0.0582. The number of aliphatic carboxylic acids is 1. The molecule has 0 aromatic rings. The first kappa shape index (κ1) is 13.5. The molecule has 0 radical (unpaired) electrons. The van der Waals surface area contributed by atoms with Crippen molar-refractivity contribution in [1.82, 2.24) is 0 Å². The molecule has 1 N–H and O–H groups in total. The minimum Gasteiger partial charge on any atom is -0.481 e. The third-order valence-electron chi connectivity index (χ3n) is 3.90. The number of hydrogen-bond acceptors (Lipinski definition) is 1. The molecule has 0 aromatic carbocycles. The van der Waals surface area contributed by atoms with Gasteiger partial charge in [-0.1, -0.05) is 51.9 Å². The van der Waals surface area contributed by atoms with Crippen molar-refractivity contribution in [2.75, 3.05) is 0 Å². The van der Waals surface area contributed by atoms with Crippen LogP contribution in [0.5, 0.6) is 0 Å². The minimum atomic E-state index is -0.552. The van der Waals surface area contributed by atoms with E-state index in [9.17, 15) is 9.90 Å². The van der Waals surface area contributed by atoms with E-state index in [4.69, 9.17) is 0 Å². The first-order chi connectivity index (χ1) is 7.75. The van der Waals surface area contributed by atoms with Crippen LogP contribution in [-0.2, 0) is 4.79 Å². The van der Waals surface area contributed by atoms with Crippen molar-refractivity contribution in [3.8, 4) is 0 Å². The Bertz CT molecular complexity index is 195. The third-order valence-corrected chi connectivity index (χ3v) is 3.90. The molecule has 0 amide bonds. The number of rotatable bonds is 7. The van der Waals surface area contributed by atoms with E-state index in [1.165, 1.54) is 38.5 Å². The molecule has 1 aliphatic rings. The fourth-order valence-corrected chi connectivity index (χ4v) is 2.89. The quantitative estimate of drug-likeness (QED) is 0.659. The van der Waals surface area contributed by atoms with Crippen molar-refractivity contribution < 1.29 is 9.90 Å². The van der Waals surface area contributed by atoms with E-state index in [1.54, 1.807) is 0 Å². The van der Waals surface area contributed by atoms with Crippen molar-refractivity contribution in [3.63, 3.8) is 0 Å². The van der Waals surface area contributed by atoms with E-state index >= 15 is 0 Å². The normalized spacial score (nSPS) is 19.6. The highest BCUT2D eigenvalue weighted by Crippen LogP contribution is 2.33. The van der Waals surface area contributed by atoms with Crippen LogP contribution in [0, 0.1) is 11.8 Å². The Hall–Kier alpha value is -0.530. The van der Waals surface area contributed by atoms with E-state index in [2.05, 4.69) is 6.92 Å². The Morgan fingerprint density at radius 3 is 2.44 bits per heavy atom. The third kappa shape index (κ3) is 4.54. The van der Waals surface area contributed by atoms with Crippen LogP contribution in [0.25, 0.3) is 0 Å². The second-order valence-electron chi connectivity index (χ2n) is 5.19. The van der Waals surface area contributed by atoms with Crippen molar-refractivity contribution in [3.05, 3.63) is 0 Å². The van der Waals surface area contributed by atoms with Crippen LogP contribution in [0.2, 0.25) is 0 Å². The van der Waals surface area contributed by atoms with Gasteiger partial charge in [0.2, 0.25) is 0 Å². The molecule has 0 saturated heterocycles. The van der Waals surface area contributed by atoms with Crippen LogP contribution in [0.1, 0.15) is 71.1 Å². The molecule has 2 heteroatoms. The molecule has 1 saturated carbocycles. The molecular weight excluding hydrogens is 200 g/mol. The van der Waals surface area contributed by atoms with Gasteiger partial charge in [-0.15, -0.1) is 0 Å². The molecule has 0 aliphatic heterocycles. The Kier molecular flexibility index (Phi) is 6.51. The summed E-state index contributed by atoms with van der Waals surface area (Å²) in [7, 11) is 0. The lowest BCUT2D eigenvalue weighted by Gasteiger charge is -2.27. The smallest absolute Gasteiger partial charge is 0.306 e. The average molecular weight is 226 g/mol. The molecule has 0 bridgehead atoms. The average Bonchev–Trinajstić information content (AvgIpc) is 2.30. The lowest BCUT2D eigenvalue weighted by atomic mass is 9.78. The molecule has 1 fully saturated rings. The Balaban J connectivity index is 2.31. The summed E-state index contributed by atoms with van der Waals surface area (Å²) in [5.41, 5.74) is 0. The number of hydrogen-bond donors (Lipinski definition) is 1. The first-order valence-corrected chi connectivity index (χ1v) is 6.98. The van der Waals surface area contributed by atoms with Gasteiger partial charge in [-0.3, -0.25) is 4.79 Å². The molecule has 1 aliphatic carbocycles. The van der Waals surface area contributed by atoms with Gasteiger partial charge in [-0.2, -0.15) is 0 Å². The Labute approximate surface area is 99.4 Å². The maximum atomic E-state index is 11.3. The van der Waals surface area contributed by atoms with Crippen LogP contribution in [-0.4, -0.2) is 11.1 Å². The van der Waals surface area contributed by atoms with Crippen molar-refractivity contribution in [2.45, 2.75) is 71.1 Å². The zero-order chi connectivity index (χ0) is 11.8. The fourth-order valence-electron chi connectivity index (χ4n) is 2.89. The SMILES string of the molecule is CCCCCCC(C(=O)O)C1CCCCC1. The lowest BCUT2D eigenvalue weighted by Crippen LogP contribution is -2.25.